The van der Waals surface area contributed by atoms with E-state index < -0.39 is 22.7 Å². The van der Waals surface area contributed by atoms with Gasteiger partial charge in [-0.05, 0) is 32.9 Å². The average Bonchev–Trinajstić information content (AvgIpc) is 3.31. The minimum atomic E-state index is -3.09. The largest absolute Gasteiger partial charge is 0.339 e. The van der Waals surface area contributed by atoms with E-state index in [1.807, 2.05) is 48.9 Å². The quantitative estimate of drug-likeness (QED) is 0.375. The fourth-order valence-corrected chi connectivity index (χ4v) is 4.42. The summed E-state index contributed by atoms with van der Waals surface area (Å²) in [5.74, 6) is -0.310. The zero-order chi connectivity index (χ0) is 25.3. The predicted octanol–water partition coefficient (Wildman–Crippen LogP) is 3.18. The maximum Gasteiger partial charge on any atom is 0.319 e. The Morgan fingerprint density at radius 3 is 2.29 bits per heavy atom. The van der Waals surface area contributed by atoms with Crippen LogP contribution in [-0.4, -0.2) is 66.4 Å². The van der Waals surface area contributed by atoms with Gasteiger partial charge in [-0.3, -0.25) is 24.5 Å². The number of rotatable bonds is 7. The maximum atomic E-state index is 13.2. The van der Waals surface area contributed by atoms with Crippen LogP contribution >= 0.6 is 0 Å². The van der Waals surface area contributed by atoms with Crippen molar-refractivity contribution < 1.29 is 18.5 Å². The number of halogens is 2. The van der Waals surface area contributed by atoms with E-state index in [9.17, 15) is 23.7 Å². The van der Waals surface area contributed by atoms with E-state index in [-0.39, 0.29) is 18.1 Å². The molecule has 35 heavy (non-hydrogen) atoms. The molecule has 0 spiro atoms. The number of aryl methyl sites for hydroxylation is 1. The summed E-state index contributed by atoms with van der Waals surface area (Å²) in [5, 5.41) is 19.5. The van der Waals surface area contributed by atoms with Crippen molar-refractivity contribution in [3.05, 3.63) is 68.8 Å². The molecule has 186 valence electrons. The van der Waals surface area contributed by atoms with E-state index in [0.29, 0.717) is 32.7 Å². The van der Waals surface area contributed by atoms with Crippen molar-refractivity contribution in [2.45, 2.75) is 40.3 Å². The van der Waals surface area contributed by atoms with Crippen molar-refractivity contribution in [2.75, 3.05) is 26.2 Å². The molecule has 0 radical (unpaired) electrons. The minimum Gasteiger partial charge on any atom is -0.339 e. The number of para-hydroxylation sites is 1. The lowest BCUT2D eigenvalue weighted by atomic mass is 10.1. The molecule has 1 aliphatic rings. The standard InChI is InChI=1S/C23H27F2N7O3/c1-15-19(16(2)31(26-15)18-7-5-4-6-8-18)13-28-9-11-29(12-10-28)20(33)14-30-17(3)22(32(34)35)21(27-30)23(24)25/h4-8,23H,9-14H2,1-3H3. The number of hydrogen-bond donors (Lipinski definition) is 0. The lowest BCUT2D eigenvalue weighted by Gasteiger charge is -2.34. The molecule has 10 nitrogen and oxygen atoms in total. The SMILES string of the molecule is Cc1nn(-c2ccccc2)c(C)c1CN1CCN(C(=O)Cn2nc(C(F)F)c([N+](=O)[O-])c2C)CC1. The first-order valence-corrected chi connectivity index (χ1v) is 11.3. The summed E-state index contributed by atoms with van der Waals surface area (Å²) in [7, 11) is 0. The Kier molecular flexibility index (Phi) is 6.92. The summed E-state index contributed by atoms with van der Waals surface area (Å²) < 4.78 is 29.3. The molecule has 3 heterocycles. The number of amides is 1. The number of aromatic nitrogens is 4. The first-order chi connectivity index (χ1) is 16.7. The van der Waals surface area contributed by atoms with Gasteiger partial charge in [0.1, 0.15) is 12.2 Å². The molecule has 3 aromatic rings. The molecule has 0 bridgehead atoms. The number of nitro groups is 1. The number of hydrogen-bond acceptors (Lipinski definition) is 6. The minimum absolute atomic E-state index is 0.0568. The van der Waals surface area contributed by atoms with Crippen LogP contribution in [0.1, 0.15) is 34.8 Å². The van der Waals surface area contributed by atoms with Crippen molar-refractivity contribution in [1.82, 2.24) is 29.4 Å². The summed E-state index contributed by atoms with van der Waals surface area (Å²) in [6.07, 6.45) is -3.09. The van der Waals surface area contributed by atoms with Gasteiger partial charge in [0.15, 0.2) is 0 Å². The Balaban J connectivity index is 1.39. The summed E-state index contributed by atoms with van der Waals surface area (Å²) in [4.78, 5) is 27.0. The summed E-state index contributed by atoms with van der Waals surface area (Å²) >= 11 is 0. The number of carbonyl (C=O) groups is 1. The van der Waals surface area contributed by atoms with Gasteiger partial charge in [-0.2, -0.15) is 10.2 Å². The third-order valence-corrected chi connectivity index (χ3v) is 6.42. The van der Waals surface area contributed by atoms with Gasteiger partial charge in [0.2, 0.25) is 11.6 Å². The Morgan fingerprint density at radius 2 is 1.71 bits per heavy atom. The average molecular weight is 488 g/mol. The summed E-state index contributed by atoms with van der Waals surface area (Å²) in [6, 6.07) is 9.92. The molecule has 0 N–H and O–H groups in total. The van der Waals surface area contributed by atoms with E-state index in [4.69, 9.17) is 5.10 Å². The number of alkyl halides is 2. The highest BCUT2D eigenvalue weighted by Gasteiger charge is 2.32. The van der Waals surface area contributed by atoms with Crippen LogP contribution in [0.25, 0.3) is 5.69 Å². The molecule has 0 saturated carbocycles. The smallest absolute Gasteiger partial charge is 0.319 e. The van der Waals surface area contributed by atoms with Gasteiger partial charge in [-0.1, -0.05) is 18.2 Å². The Hall–Kier alpha value is -3.67. The van der Waals surface area contributed by atoms with E-state index >= 15 is 0 Å². The number of piperazine rings is 1. The molecule has 12 heteroatoms. The molecule has 1 aliphatic heterocycles. The normalized spacial score (nSPS) is 14.6. The topological polar surface area (TPSA) is 102 Å². The van der Waals surface area contributed by atoms with E-state index in [0.717, 1.165) is 27.3 Å². The second-order valence-corrected chi connectivity index (χ2v) is 8.59. The predicted molar refractivity (Wildman–Crippen MR) is 123 cm³/mol. The van der Waals surface area contributed by atoms with Gasteiger partial charge in [0.25, 0.3) is 6.43 Å². The van der Waals surface area contributed by atoms with E-state index in [2.05, 4.69) is 10.00 Å². The molecule has 1 aromatic carbocycles. The monoisotopic (exact) mass is 487 g/mol. The van der Waals surface area contributed by atoms with Crippen LogP contribution in [0.3, 0.4) is 0 Å². The molecule has 4 rings (SSSR count). The first kappa shape index (κ1) is 24.5. The van der Waals surface area contributed by atoms with Crippen molar-refractivity contribution >= 4 is 11.6 Å². The lowest BCUT2D eigenvalue weighted by molar-refractivity contribution is -0.386. The van der Waals surface area contributed by atoms with Crippen LogP contribution in [0.5, 0.6) is 0 Å². The van der Waals surface area contributed by atoms with Crippen molar-refractivity contribution in [2.24, 2.45) is 0 Å². The van der Waals surface area contributed by atoms with Gasteiger partial charge < -0.3 is 4.90 Å². The zero-order valence-electron chi connectivity index (χ0n) is 19.8. The van der Waals surface area contributed by atoms with Gasteiger partial charge >= 0.3 is 5.69 Å². The second-order valence-electron chi connectivity index (χ2n) is 8.59. The zero-order valence-corrected chi connectivity index (χ0v) is 19.8. The molecule has 0 unspecified atom stereocenters. The highest BCUT2D eigenvalue weighted by Crippen LogP contribution is 2.31. The molecule has 1 amide bonds. The van der Waals surface area contributed by atoms with Crippen LogP contribution in [0, 0.1) is 30.9 Å². The molecule has 0 atom stereocenters. The van der Waals surface area contributed by atoms with Crippen LogP contribution in [0.15, 0.2) is 30.3 Å². The fraction of sp³-hybridized carbons (Fsp3) is 0.435. The maximum absolute atomic E-state index is 13.2. The molecule has 1 fully saturated rings. The Bertz CT molecular complexity index is 1230. The van der Waals surface area contributed by atoms with Gasteiger partial charge in [-0.25, -0.2) is 13.5 Å². The number of carbonyl (C=O) groups excluding carboxylic acids is 1. The fourth-order valence-electron chi connectivity index (χ4n) is 4.42. The highest BCUT2D eigenvalue weighted by molar-refractivity contribution is 5.76. The van der Waals surface area contributed by atoms with Crippen molar-refractivity contribution in [3.63, 3.8) is 0 Å². The van der Waals surface area contributed by atoms with E-state index in [1.165, 1.54) is 6.92 Å². The van der Waals surface area contributed by atoms with Crippen molar-refractivity contribution in [1.29, 1.82) is 0 Å². The lowest BCUT2D eigenvalue weighted by Crippen LogP contribution is -2.49. The molecule has 0 aliphatic carbocycles. The van der Waals surface area contributed by atoms with Crippen LogP contribution in [0.2, 0.25) is 0 Å². The molecule has 1 saturated heterocycles. The van der Waals surface area contributed by atoms with Crippen molar-refractivity contribution in [3.8, 4) is 5.69 Å². The number of benzene rings is 1. The highest BCUT2D eigenvalue weighted by atomic mass is 19.3. The Labute approximate surface area is 200 Å². The second kappa shape index (κ2) is 9.90. The Morgan fingerprint density at radius 1 is 1.06 bits per heavy atom. The molecular weight excluding hydrogens is 460 g/mol. The molecule has 2 aromatic heterocycles. The third-order valence-electron chi connectivity index (χ3n) is 6.42. The summed E-state index contributed by atoms with van der Waals surface area (Å²) in [6.45, 7) is 7.95. The third kappa shape index (κ3) is 4.92. The van der Waals surface area contributed by atoms with Gasteiger partial charge in [-0.15, -0.1) is 0 Å². The van der Waals surface area contributed by atoms with Gasteiger partial charge in [0, 0.05) is 44.0 Å². The van der Waals surface area contributed by atoms with Gasteiger partial charge in [0.05, 0.1) is 16.3 Å². The first-order valence-electron chi connectivity index (χ1n) is 11.3. The van der Waals surface area contributed by atoms with Crippen LogP contribution in [0.4, 0.5) is 14.5 Å². The van der Waals surface area contributed by atoms with E-state index in [1.54, 1.807) is 4.90 Å². The van der Waals surface area contributed by atoms with Crippen LogP contribution < -0.4 is 0 Å². The van der Waals surface area contributed by atoms with Crippen LogP contribution in [-0.2, 0) is 17.9 Å². The molecular formula is C23H27F2N7O3. The number of nitrogens with zero attached hydrogens (tertiary/aromatic N) is 7. The summed E-state index contributed by atoms with van der Waals surface area (Å²) in [5.41, 5.74) is 2.46.